The molecule has 1 fully saturated rings. The molecule has 2 heterocycles. The number of pyridine rings is 1. The lowest BCUT2D eigenvalue weighted by atomic mass is 9.88. The average Bonchev–Trinajstić information content (AvgIpc) is 3.02. The Morgan fingerprint density at radius 2 is 2.50 bits per heavy atom. The van der Waals surface area contributed by atoms with Crippen LogP contribution in [0.4, 0.5) is 4.39 Å². The van der Waals surface area contributed by atoms with Crippen LogP contribution in [0.3, 0.4) is 0 Å². The van der Waals surface area contributed by atoms with Crippen LogP contribution >= 0.6 is 27.7 Å². The summed E-state index contributed by atoms with van der Waals surface area (Å²) in [6.07, 6.45) is 2.56. The van der Waals surface area contributed by atoms with Gasteiger partial charge in [-0.25, -0.2) is 4.98 Å². The van der Waals surface area contributed by atoms with E-state index in [-0.39, 0.29) is 0 Å². The van der Waals surface area contributed by atoms with E-state index in [1.165, 1.54) is 6.20 Å². The van der Waals surface area contributed by atoms with Crippen LogP contribution in [0.2, 0.25) is 0 Å². The predicted molar refractivity (Wildman–Crippen MR) is 66.2 cm³/mol. The number of hydrogen-bond acceptors (Lipinski definition) is 3. The van der Waals surface area contributed by atoms with Gasteiger partial charge in [-0.1, -0.05) is 0 Å². The smallest absolute Gasteiger partial charge is 0.218 e. The van der Waals surface area contributed by atoms with Gasteiger partial charge in [0.15, 0.2) is 0 Å². The molecule has 5 heteroatoms. The summed E-state index contributed by atoms with van der Waals surface area (Å²) in [5, 5.41) is 0.556. The van der Waals surface area contributed by atoms with Crippen LogP contribution in [0.5, 0.6) is 0 Å². The van der Waals surface area contributed by atoms with E-state index < -0.39 is 11.5 Å². The summed E-state index contributed by atoms with van der Waals surface area (Å²) in [7, 11) is 0. The molecule has 1 aromatic heterocycles. The molecule has 1 aromatic rings. The second-order valence-electron chi connectivity index (χ2n) is 4.34. The van der Waals surface area contributed by atoms with Gasteiger partial charge in [0.1, 0.15) is 5.55 Å². The Balaban J connectivity index is 2.11. The van der Waals surface area contributed by atoms with Crippen molar-refractivity contribution in [2.24, 2.45) is 10.9 Å². The number of halogens is 2. The van der Waals surface area contributed by atoms with E-state index in [1.54, 1.807) is 17.8 Å². The third-order valence-corrected chi connectivity index (χ3v) is 4.74. The molecular formula is C11H9BrFN2S. The molecule has 1 aliphatic heterocycles. The Morgan fingerprint density at radius 1 is 1.69 bits per heavy atom. The van der Waals surface area contributed by atoms with Crippen molar-refractivity contribution in [1.82, 2.24) is 4.98 Å². The zero-order chi connectivity index (χ0) is 11.3. The van der Waals surface area contributed by atoms with Crippen molar-refractivity contribution in [2.75, 3.05) is 0 Å². The van der Waals surface area contributed by atoms with E-state index in [9.17, 15) is 4.39 Å². The summed E-state index contributed by atoms with van der Waals surface area (Å²) in [5.74, 6) is -0.00171. The van der Waals surface area contributed by atoms with Gasteiger partial charge in [-0.3, -0.25) is 4.99 Å². The molecule has 0 amide bonds. The molecule has 0 bridgehead atoms. The van der Waals surface area contributed by atoms with E-state index in [0.29, 0.717) is 16.7 Å². The molecule has 3 rings (SSSR count). The fraction of sp³-hybridized carbons (Fsp3) is 0.455. The van der Waals surface area contributed by atoms with E-state index in [0.717, 1.165) is 10.9 Å². The van der Waals surface area contributed by atoms with Gasteiger partial charge in [0.25, 0.3) is 0 Å². The second kappa shape index (κ2) is 3.53. The third kappa shape index (κ3) is 1.52. The van der Waals surface area contributed by atoms with Crippen LogP contribution in [0.25, 0.3) is 0 Å². The number of hydrogen-bond donors (Lipinski definition) is 0. The van der Waals surface area contributed by atoms with E-state index in [1.807, 2.05) is 6.92 Å². The fourth-order valence-electron chi connectivity index (χ4n) is 2.20. The zero-order valence-corrected chi connectivity index (χ0v) is 11.0. The van der Waals surface area contributed by atoms with Crippen molar-refractivity contribution in [3.63, 3.8) is 0 Å². The number of nitrogens with zero attached hydrogens (tertiary/aromatic N) is 2. The maximum Gasteiger partial charge on any atom is 0.218 e. The molecule has 1 radical (unpaired) electrons. The molecular weight excluding hydrogens is 291 g/mol. The van der Waals surface area contributed by atoms with Crippen molar-refractivity contribution in [2.45, 2.75) is 24.1 Å². The minimum Gasteiger partial charge on any atom is -0.264 e. The number of aliphatic imine (C=N–C) groups is 1. The highest BCUT2D eigenvalue weighted by Crippen LogP contribution is 2.56. The summed E-state index contributed by atoms with van der Waals surface area (Å²) in [5.41, 5.74) is 3.03. The second-order valence-corrected chi connectivity index (χ2v) is 6.28. The lowest BCUT2D eigenvalue weighted by Gasteiger charge is -2.28. The Morgan fingerprint density at radius 3 is 3.31 bits per heavy atom. The lowest BCUT2D eigenvalue weighted by molar-refractivity contribution is 0.401. The molecule has 83 valence electrons. The molecule has 2 unspecified atom stereocenters. The molecule has 2 nitrogen and oxygen atoms in total. The topological polar surface area (TPSA) is 25.2 Å². The molecule has 0 N–H and O–H groups in total. The minimum atomic E-state index is -0.489. The molecule has 0 saturated heterocycles. The summed E-state index contributed by atoms with van der Waals surface area (Å²) in [6.45, 7) is 1.97. The first-order valence-electron chi connectivity index (χ1n) is 5.05. The zero-order valence-electron chi connectivity index (χ0n) is 8.58. The predicted octanol–water partition coefficient (Wildman–Crippen LogP) is 3.24. The molecule has 1 saturated carbocycles. The first-order chi connectivity index (χ1) is 7.61. The largest absolute Gasteiger partial charge is 0.264 e. The van der Waals surface area contributed by atoms with Crippen LogP contribution in [0.1, 0.15) is 18.9 Å². The highest BCUT2D eigenvalue weighted by molar-refractivity contribution is 9.10. The highest BCUT2D eigenvalue weighted by Gasteiger charge is 2.54. The molecule has 1 aliphatic carbocycles. The molecule has 0 spiro atoms. The number of rotatable bonds is 1. The Bertz CT molecular complexity index is 479. The van der Waals surface area contributed by atoms with Gasteiger partial charge < -0.3 is 0 Å². The summed E-state index contributed by atoms with van der Waals surface area (Å²) in [4.78, 5) is 8.11. The first-order valence-corrected chi connectivity index (χ1v) is 6.72. The van der Waals surface area contributed by atoms with Crippen molar-refractivity contribution in [3.05, 3.63) is 28.2 Å². The van der Waals surface area contributed by atoms with Gasteiger partial charge in [-0.15, -0.1) is 11.8 Å². The van der Waals surface area contributed by atoms with Gasteiger partial charge in [-0.2, -0.15) is 4.39 Å². The first kappa shape index (κ1) is 10.7. The number of thioether (sulfide) groups is 1. The van der Waals surface area contributed by atoms with Gasteiger partial charge in [0.2, 0.25) is 5.95 Å². The van der Waals surface area contributed by atoms with Gasteiger partial charge in [0.05, 0.1) is 5.54 Å². The van der Waals surface area contributed by atoms with Crippen LogP contribution in [-0.4, -0.2) is 15.8 Å². The molecule has 3 atom stereocenters. The molecule has 0 aromatic carbocycles. The highest BCUT2D eigenvalue weighted by atomic mass is 79.9. The van der Waals surface area contributed by atoms with Gasteiger partial charge >= 0.3 is 0 Å². The van der Waals surface area contributed by atoms with Crippen LogP contribution in [0, 0.1) is 11.9 Å². The van der Waals surface area contributed by atoms with E-state index in [4.69, 9.17) is 0 Å². The SMILES string of the molecule is C[C@]1(c2cc(Br)cnc2F)N=[C]SC2CC21. The average molecular weight is 300 g/mol. The monoisotopic (exact) mass is 299 g/mol. The molecule has 16 heavy (non-hydrogen) atoms. The Labute approximate surface area is 106 Å². The van der Waals surface area contributed by atoms with Crippen LogP contribution in [0.15, 0.2) is 21.7 Å². The van der Waals surface area contributed by atoms with E-state index in [2.05, 4.69) is 31.5 Å². The van der Waals surface area contributed by atoms with Gasteiger partial charge in [-0.05, 0) is 35.3 Å². The normalized spacial score (nSPS) is 35.9. The van der Waals surface area contributed by atoms with E-state index >= 15 is 0 Å². The van der Waals surface area contributed by atoms with Crippen LogP contribution < -0.4 is 0 Å². The number of fused-ring (bicyclic) bond motifs is 1. The maximum absolute atomic E-state index is 13.8. The quantitative estimate of drug-likeness (QED) is 0.744. The van der Waals surface area contributed by atoms with Crippen molar-refractivity contribution >= 4 is 33.2 Å². The third-order valence-electron chi connectivity index (χ3n) is 3.29. The van der Waals surface area contributed by atoms with Crippen LogP contribution in [-0.2, 0) is 5.54 Å². The Kier molecular flexibility index (Phi) is 2.37. The van der Waals surface area contributed by atoms with Crippen molar-refractivity contribution < 1.29 is 4.39 Å². The summed E-state index contributed by atoms with van der Waals surface area (Å²) >= 11 is 4.95. The Hall–Kier alpha value is -0.420. The molecule has 2 aliphatic rings. The van der Waals surface area contributed by atoms with Crippen molar-refractivity contribution in [3.8, 4) is 0 Å². The minimum absolute atomic E-state index is 0.421. The summed E-state index contributed by atoms with van der Waals surface area (Å²) in [6, 6.07) is 1.78. The van der Waals surface area contributed by atoms with Gasteiger partial charge in [0, 0.05) is 27.4 Å². The van der Waals surface area contributed by atoms with Crippen molar-refractivity contribution in [1.29, 1.82) is 0 Å². The fourth-order valence-corrected chi connectivity index (χ4v) is 3.64. The number of aromatic nitrogens is 1. The maximum atomic E-state index is 13.8. The standard InChI is InChI=1S/C11H9BrFN2S/c1-11(7-3-9(7)16-5-15-11)8-2-6(12)4-14-10(8)13/h2,4,7,9H,3H2,1H3/t7?,9?,11-/m0/s1. The summed E-state index contributed by atoms with van der Waals surface area (Å²) < 4.78 is 14.6. The lowest BCUT2D eigenvalue weighted by Crippen LogP contribution is -2.27.